The van der Waals surface area contributed by atoms with Gasteiger partial charge in [0.1, 0.15) is 5.88 Å². The highest BCUT2D eigenvalue weighted by atomic mass is 35.5. The van der Waals surface area contributed by atoms with Crippen LogP contribution in [-0.4, -0.2) is 41.7 Å². The third kappa shape index (κ3) is 4.59. The smallest absolute Gasteiger partial charge is 0.235 e. The lowest BCUT2D eigenvalue weighted by atomic mass is 9.80. The van der Waals surface area contributed by atoms with E-state index in [2.05, 4.69) is 29.6 Å². The van der Waals surface area contributed by atoms with E-state index >= 15 is 0 Å². The van der Waals surface area contributed by atoms with Gasteiger partial charge in [0, 0.05) is 25.6 Å². The van der Waals surface area contributed by atoms with Gasteiger partial charge in [-0.05, 0) is 62.0 Å². The Bertz CT molecular complexity index is 641. The van der Waals surface area contributed by atoms with Crippen LogP contribution in [0.15, 0.2) is 24.3 Å². The quantitative estimate of drug-likeness (QED) is 0.800. The highest BCUT2D eigenvalue weighted by Gasteiger charge is 2.29. The summed E-state index contributed by atoms with van der Waals surface area (Å²) in [4.78, 5) is 26.3. The molecule has 0 spiro atoms. The first-order valence-electron chi connectivity index (χ1n) is 9.79. The van der Waals surface area contributed by atoms with Gasteiger partial charge in [0.05, 0.1) is 0 Å². The predicted molar refractivity (Wildman–Crippen MR) is 104 cm³/mol. The number of nitrogens with one attached hydrogen (secondary N) is 1. The molecular weight excluding hydrogens is 348 g/mol. The van der Waals surface area contributed by atoms with Crippen LogP contribution in [0.1, 0.15) is 56.1 Å². The summed E-state index contributed by atoms with van der Waals surface area (Å²) in [6, 6.07) is 8.69. The molecule has 0 saturated carbocycles. The van der Waals surface area contributed by atoms with Crippen molar-refractivity contribution in [2.75, 3.05) is 19.0 Å². The zero-order chi connectivity index (χ0) is 18.5. The number of likely N-dealkylation sites (tertiary alicyclic amines) is 1. The predicted octanol–water partition coefficient (Wildman–Crippen LogP) is 3.48. The van der Waals surface area contributed by atoms with Crippen molar-refractivity contribution in [2.45, 2.75) is 57.4 Å². The number of carbonyl (C=O) groups is 2. The molecule has 2 amide bonds. The first kappa shape index (κ1) is 19.2. The second-order valence-electron chi connectivity index (χ2n) is 7.70. The number of amides is 2. The topological polar surface area (TPSA) is 49.4 Å². The van der Waals surface area contributed by atoms with E-state index in [1.807, 2.05) is 11.8 Å². The molecule has 1 aliphatic carbocycles. The van der Waals surface area contributed by atoms with Crippen LogP contribution < -0.4 is 5.32 Å². The van der Waals surface area contributed by atoms with Crippen molar-refractivity contribution >= 4 is 23.4 Å². The zero-order valence-corrected chi connectivity index (χ0v) is 16.3. The Kier molecular flexibility index (Phi) is 6.58. The van der Waals surface area contributed by atoms with Crippen LogP contribution in [0, 0.1) is 5.92 Å². The number of nitrogens with zero attached hydrogens (tertiary/aromatic N) is 1. The average molecular weight is 377 g/mol. The molecule has 26 heavy (non-hydrogen) atoms. The molecule has 1 aromatic rings. The first-order valence-corrected chi connectivity index (χ1v) is 10.3. The fourth-order valence-electron chi connectivity index (χ4n) is 4.47. The number of fused-ring (bicyclic) bond motifs is 1. The number of carbonyl (C=O) groups excluding carboxylic acids is 2. The molecule has 1 fully saturated rings. The molecule has 1 aliphatic heterocycles. The Morgan fingerprint density at radius 1 is 1.23 bits per heavy atom. The van der Waals surface area contributed by atoms with Gasteiger partial charge in [-0.1, -0.05) is 24.3 Å². The van der Waals surface area contributed by atoms with Gasteiger partial charge in [-0.25, -0.2) is 0 Å². The molecule has 0 bridgehead atoms. The lowest BCUT2D eigenvalue weighted by Gasteiger charge is -2.36. The van der Waals surface area contributed by atoms with Crippen LogP contribution >= 0.6 is 11.6 Å². The fraction of sp³-hybridized carbons (Fsp3) is 0.619. The fourth-order valence-corrected chi connectivity index (χ4v) is 4.54. The summed E-state index contributed by atoms with van der Waals surface area (Å²) in [6.07, 6.45) is 5.93. The molecule has 2 unspecified atom stereocenters. The second kappa shape index (κ2) is 8.90. The van der Waals surface area contributed by atoms with E-state index in [1.165, 1.54) is 17.5 Å². The number of alkyl halides is 1. The molecule has 4 nitrogen and oxygen atoms in total. The van der Waals surface area contributed by atoms with Crippen molar-refractivity contribution in [3.8, 4) is 0 Å². The van der Waals surface area contributed by atoms with E-state index in [1.54, 1.807) is 0 Å². The molecule has 1 heterocycles. The van der Waals surface area contributed by atoms with E-state index in [4.69, 9.17) is 11.6 Å². The maximum absolute atomic E-state index is 12.8. The van der Waals surface area contributed by atoms with Crippen LogP contribution in [0.5, 0.6) is 0 Å². The monoisotopic (exact) mass is 376 g/mol. The molecule has 5 heteroatoms. The van der Waals surface area contributed by atoms with E-state index in [9.17, 15) is 9.59 Å². The number of rotatable bonds is 5. The van der Waals surface area contributed by atoms with Crippen molar-refractivity contribution < 1.29 is 9.59 Å². The summed E-state index contributed by atoms with van der Waals surface area (Å²) in [6.45, 7) is 3.61. The molecule has 1 saturated heterocycles. The Morgan fingerprint density at radius 2 is 1.96 bits per heavy atom. The Morgan fingerprint density at radius 3 is 2.69 bits per heavy atom. The van der Waals surface area contributed by atoms with Gasteiger partial charge in [-0.2, -0.15) is 0 Å². The molecule has 3 rings (SSSR count). The van der Waals surface area contributed by atoms with Crippen LogP contribution in [-0.2, 0) is 16.0 Å². The van der Waals surface area contributed by atoms with Crippen molar-refractivity contribution in [1.29, 1.82) is 0 Å². The second-order valence-corrected chi connectivity index (χ2v) is 7.97. The van der Waals surface area contributed by atoms with Crippen molar-refractivity contribution in [2.24, 2.45) is 5.92 Å². The number of piperidine rings is 1. The van der Waals surface area contributed by atoms with Gasteiger partial charge in [-0.3, -0.25) is 9.59 Å². The zero-order valence-electron chi connectivity index (χ0n) is 15.5. The van der Waals surface area contributed by atoms with Gasteiger partial charge in [0.2, 0.25) is 11.8 Å². The van der Waals surface area contributed by atoms with Crippen molar-refractivity contribution in [1.82, 2.24) is 10.2 Å². The van der Waals surface area contributed by atoms with E-state index < -0.39 is 0 Å². The molecule has 0 aromatic heterocycles. The average Bonchev–Trinajstić information content (AvgIpc) is 2.68. The highest BCUT2D eigenvalue weighted by Crippen LogP contribution is 2.34. The molecule has 2 aliphatic rings. The summed E-state index contributed by atoms with van der Waals surface area (Å²) in [7, 11) is 0. The molecule has 2 atom stereocenters. The Balaban J connectivity index is 1.51. The molecule has 142 valence electrons. The van der Waals surface area contributed by atoms with Crippen molar-refractivity contribution in [3.05, 3.63) is 35.4 Å². The van der Waals surface area contributed by atoms with E-state index in [0.29, 0.717) is 18.3 Å². The summed E-state index contributed by atoms with van der Waals surface area (Å²) in [5.41, 5.74) is 2.79. The maximum atomic E-state index is 12.8. The number of hydrogen-bond acceptors (Lipinski definition) is 2. The largest absolute Gasteiger partial charge is 0.352 e. The van der Waals surface area contributed by atoms with Crippen molar-refractivity contribution in [3.63, 3.8) is 0 Å². The third-order valence-electron chi connectivity index (χ3n) is 6.02. The Hall–Kier alpha value is -1.55. The van der Waals surface area contributed by atoms with Crippen LogP contribution in [0.2, 0.25) is 0 Å². The van der Waals surface area contributed by atoms with Gasteiger partial charge in [0.15, 0.2) is 0 Å². The summed E-state index contributed by atoms with van der Waals surface area (Å²) in [5, 5.41) is 2.95. The van der Waals surface area contributed by atoms with Gasteiger partial charge >= 0.3 is 0 Å². The number of benzene rings is 1. The molecular formula is C21H29ClN2O2. The third-order valence-corrected chi connectivity index (χ3v) is 6.27. The number of halogens is 1. The number of aryl methyl sites for hydroxylation is 1. The number of hydrogen-bond donors (Lipinski definition) is 1. The lowest BCUT2D eigenvalue weighted by molar-refractivity contribution is -0.133. The Labute approximate surface area is 161 Å². The van der Waals surface area contributed by atoms with E-state index in [-0.39, 0.29) is 23.7 Å². The maximum Gasteiger partial charge on any atom is 0.235 e. The lowest BCUT2D eigenvalue weighted by Crippen LogP contribution is -2.46. The summed E-state index contributed by atoms with van der Waals surface area (Å²) in [5.74, 6) is 0.954. The minimum Gasteiger partial charge on any atom is -0.352 e. The normalized spacial score (nSPS) is 21.8. The summed E-state index contributed by atoms with van der Waals surface area (Å²) < 4.78 is 0. The van der Waals surface area contributed by atoms with Crippen LogP contribution in [0.4, 0.5) is 0 Å². The van der Waals surface area contributed by atoms with Crippen LogP contribution in [0.3, 0.4) is 0 Å². The minimum absolute atomic E-state index is 0.00450. The minimum atomic E-state index is -0.117. The van der Waals surface area contributed by atoms with E-state index in [0.717, 1.165) is 38.8 Å². The van der Waals surface area contributed by atoms with Crippen LogP contribution in [0.25, 0.3) is 0 Å². The van der Waals surface area contributed by atoms with Gasteiger partial charge in [-0.15, -0.1) is 11.6 Å². The molecule has 1 aromatic carbocycles. The molecule has 1 N–H and O–H groups in total. The standard InChI is InChI=1S/C21H29ClN2O2/c1-15(23-20(25)14-22)16-9-11-24(12-10-16)21(26)13-18-7-4-6-17-5-2-3-8-19(17)18/h2-3,5,8,15-16,18H,4,6-7,9-14H2,1H3,(H,23,25). The first-order chi connectivity index (χ1) is 12.6. The van der Waals surface area contributed by atoms with Gasteiger partial charge < -0.3 is 10.2 Å². The van der Waals surface area contributed by atoms with Gasteiger partial charge in [0.25, 0.3) is 0 Å². The SMILES string of the molecule is CC(NC(=O)CCl)C1CCN(C(=O)CC2CCCc3ccccc32)CC1. The molecule has 0 radical (unpaired) electrons. The highest BCUT2D eigenvalue weighted by molar-refractivity contribution is 6.27. The summed E-state index contributed by atoms with van der Waals surface area (Å²) >= 11 is 5.56.